The molecule has 2 aliphatic carbocycles. The van der Waals surface area contributed by atoms with E-state index in [9.17, 15) is 0 Å². The van der Waals surface area contributed by atoms with Gasteiger partial charge in [0.25, 0.3) is 0 Å². The summed E-state index contributed by atoms with van der Waals surface area (Å²) in [7, 11) is 9.59. The summed E-state index contributed by atoms with van der Waals surface area (Å²) in [5.74, 6) is 0.917. The molecule has 3 aliphatic rings. The zero-order valence-corrected chi connectivity index (χ0v) is 23.3. The molecule has 10 heteroatoms. The molecule has 203 valence electrons. The molecule has 4 rings (SSSR count). The average Bonchev–Trinajstić information content (AvgIpc) is 2.86. The molecule has 1 aromatic heterocycles. The maximum absolute atomic E-state index is 9.14. The fourth-order valence-corrected chi connectivity index (χ4v) is 5.97. The number of aliphatic hydroxyl groups excluding tert-OH is 1. The van der Waals surface area contributed by atoms with E-state index in [1.165, 1.54) is 30.6 Å². The van der Waals surface area contributed by atoms with Gasteiger partial charge < -0.3 is 26.4 Å². The smallest absolute Gasteiger partial charge is 0 e. The van der Waals surface area contributed by atoms with Crippen LogP contribution in [0.15, 0.2) is 17.0 Å². The van der Waals surface area contributed by atoms with E-state index in [0.717, 1.165) is 62.3 Å². The van der Waals surface area contributed by atoms with Crippen molar-refractivity contribution in [3.8, 4) is 0 Å². The zero-order valence-electron chi connectivity index (χ0n) is 19.8. The number of rotatable bonds is 4. The SMILES string of the molecule is OCCCSc1cc2nc(c1)C[N-][C@@H]1CCCC[C@H]1[N-]CC[N-]C1CCCCC1[N-]C2.[Cl][Mn][Cl].[HH].[HH].[HH].[HH]. The second-order valence-corrected chi connectivity index (χ2v) is 12.2. The predicted octanol–water partition coefficient (Wildman–Crippen LogP) is 8.05. The van der Waals surface area contributed by atoms with Crippen LogP contribution in [-0.4, -0.2) is 59.7 Å². The molecule has 2 heterocycles. The number of aromatic nitrogens is 1. The summed E-state index contributed by atoms with van der Waals surface area (Å²) < 4.78 is 0. The molecule has 34 heavy (non-hydrogen) atoms. The molecule has 1 aliphatic heterocycles. The molecule has 1 aromatic rings. The maximum Gasteiger partial charge on any atom is 0 e. The number of aliphatic hydroxyl groups is 1. The van der Waals surface area contributed by atoms with Crippen molar-refractivity contribution in [3.63, 3.8) is 0 Å². The molecule has 0 amide bonds. The number of halogens is 2. The van der Waals surface area contributed by atoms with Crippen LogP contribution in [0, 0.1) is 0 Å². The summed E-state index contributed by atoms with van der Waals surface area (Å²) in [4.78, 5) is 6.16. The van der Waals surface area contributed by atoms with Crippen LogP contribution in [0.2, 0.25) is 0 Å². The van der Waals surface area contributed by atoms with Gasteiger partial charge in [0.1, 0.15) is 0 Å². The van der Waals surface area contributed by atoms with Gasteiger partial charge in [-0.05, 0) is 18.6 Å². The van der Waals surface area contributed by atoms with Crippen molar-refractivity contribution in [1.82, 2.24) is 4.98 Å². The maximum atomic E-state index is 9.14. The summed E-state index contributed by atoms with van der Waals surface area (Å²) in [6.45, 7) is 3.22. The zero-order chi connectivity index (χ0) is 24.0. The van der Waals surface area contributed by atoms with E-state index in [0.29, 0.717) is 37.3 Å². The minimum atomic E-state index is 0. The normalized spacial score (nSPS) is 28.3. The van der Waals surface area contributed by atoms with E-state index in [1.54, 1.807) is 11.8 Å². The fourth-order valence-electron chi connectivity index (χ4n) is 5.02. The molecule has 0 radical (unpaired) electrons. The molecule has 0 saturated heterocycles. The summed E-state index contributed by atoms with van der Waals surface area (Å²) >= 11 is 1.80. The van der Waals surface area contributed by atoms with E-state index in [1.807, 2.05) is 0 Å². The Balaban J connectivity index is 0. The van der Waals surface area contributed by atoms with Crippen LogP contribution in [0.4, 0.5) is 0 Å². The second-order valence-electron chi connectivity index (χ2n) is 9.10. The quantitative estimate of drug-likeness (QED) is 0.223. The molecule has 2 fully saturated rings. The third-order valence-corrected chi connectivity index (χ3v) is 7.73. The van der Waals surface area contributed by atoms with Gasteiger partial charge in [-0.15, -0.1) is 24.9 Å². The summed E-state index contributed by atoms with van der Waals surface area (Å²) in [5.41, 5.74) is 2.09. The summed E-state index contributed by atoms with van der Waals surface area (Å²) in [6, 6.07) is 5.70. The van der Waals surface area contributed by atoms with Crippen LogP contribution >= 0.6 is 32.0 Å². The standard InChI is InChI=1S/C24H37N5OS.2ClH.Mn.4H2/c30-12-5-13-31-20-14-18-16-27-23-8-3-1-6-21(23)25-10-11-26-22-7-2-4-9-24(22)28-17-19(15-20)29-18;;;;;;;/h14-15,21-24,30H,1-13,16-17H2;2*1H;;4*1H/q-4;;;+2;;;;/p-2/t21-,22?,23-,24?;;;;;;;/m1......./s1. The number of nitrogens with zero attached hydrogens (tertiary/aromatic N) is 5. The Morgan fingerprint density at radius 2 is 1.29 bits per heavy atom. The first-order chi connectivity index (χ1) is 16.7. The fraction of sp³-hybridized carbons (Fsp3) is 0.792. The monoisotopic (exact) mass is 576 g/mol. The number of thioether (sulfide) groups is 1. The third-order valence-electron chi connectivity index (χ3n) is 6.67. The first-order valence-corrected chi connectivity index (χ1v) is 16.7. The van der Waals surface area contributed by atoms with Gasteiger partial charge in [0.2, 0.25) is 0 Å². The predicted molar refractivity (Wildman–Crippen MR) is 149 cm³/mol. The molecule has 4 atom stereocenters. The van der Waals surface area contributed by atoms with Crippen LogP contribution in [-0.2, 0) is 26.2 Å². The van der Waals surface area contributed by atoms with E-state index < -0.39 is 0 Å². The van der Waals surface area contributed by atoms with Gasteiger partial charge in [-0.2, -0.15) is 37.3 Å². The van der Waals surface area contributed by atoms with Gasteiger partial charge in [0.15, 0.2) is 0 Å². The van der Waals surface area contributed by atoms with Crippen molar-refractivity contribution in [2.24, 2.45) is 0 Å². The van der Waals surface area contributed by atoms with Gasteiger partial charge in [-0.3, -0.25) is 4.98 Å². The average molecular weight is 578 g/mol. The first-order valence-electron chi connectivity index (χ1n) is 12.5. The third kappa shape index (κ3) is 10.0. The van der Waals surface area contributed by atoms with Crippen molar-refractivity contribution < 1.29 is 23.9 Å². The minimum absolute atomic E-state index is 0. The van der Waals surface area contributed by atoms with Crippen LogP contribution in [0.25, 0.3) is 21.3 Å². The Morgan fingerprint density at radius 3 is 1.74 bits per heavy atom. The van der Waals surface area contributed by atoms with Crippen LogP contribution < -0.4 is 0 Å². The number of fused-ring (bicyclic) bond motifs is 4. The van der Waals surface area contributed by atoms with Gasteiger partial charge >= 0.3 is 33.3 Å². The molecular weight excluding hydrogens is 532 g/mol. The Labute approximate surface area is 230 Å². The summed E-state index contributed by atoms with van der Waals surface area (Å²) in [5, 5.41) is 29.3. The van der Waals surface area contributed by atoms with Crippen LogP contribution in [0.1, 0.15) is 74.9 Å². The van der Waals surface area contributed by atoms with E-state index >= 15 is 0 Å². The van der Waals surface area contributed by atoms with Gasteiger partial charge in [-0.25, -0.2) is 0 Å². The van der Waals surface area contributed by atoms with E-state index in [4.69, 9.17) is 51.6 Å². The second kappa shape index (κ2) is 17.0. The molecule has 1 N–H and O–H groups in total. The van der Waals surface area contributed by atoms with Crippen LogP contribution in [0.3, 0.4) is 0 Å². The van der Waals surface area contributed by atoms with Gasteiger partial charge in [0.05, 0.1) is 0 Å². The van der Waals surface area contributed by atoms with Crippen molar-refractivity contribution in [3.05, 3.63) is 44.8 Å². The van der Waals surface area contributed by atoms with Gasteiger partial charge in [-0.1, -0.05) is 51.4 Å². The van der Waals surface area contributed by atoms with Crippen molar-refractivity contribution in [2.45, 2.75) is 99.9 Å². The molecule has 2 unspecified atom stereocenters. The Bertz CT molecular complexity index is 678. The molecule has 2 saturated carbocycles. The molecular formula is C24H45Cl2MnN5OS-4. The van der Waals surface area contributed by atoms with E-state index in [-0.39, 0.29) is 25.4 Å². The Kier molecular flexibility index (Phi) is 14.5. The summed E-state index contributed by atoms with van der Waals surface area (Å²) in [6.07, 6.45) is 10.4. The Morgan fingerprint density at radius 1 is 0.853 bits per heavy atom. The molecule has 0 aromatic carbocycles. The van der Waals surface area contributed by atoms with Crippen molar-refractivity contribution in [2.75, 3.05) is 25.4 Å². The minimum Gasteiger partial charge on any atom is 0 e. The number of hydrogen-bond acceptors (Lipinski definition) is 3. The molecule has 2 bridgehead atoms. The Hall–Kier alpha value is 0.399. The molecule has 6 nitrogen and oxygen atoms in total. The number of hydrogen-bond donors (Lipinski definition) is 1. The van der Waals surface area contributed by atoms with Crippen LogP contribution in [0.5, 0.6) is 0 Å². The van der Waals surface area contributed by atoms with E-state index in [2.05, 4.69) is 12.1 Å². The largest absolute Gasteiger partial charge is 0 e. The first kappa shape index (κ1) is 29.0. The topological polar surface area (TPSA) is 89.5 Å². The molecule has 0 spiro atoms. The van der Waals surface area contributed by atoms with Gasteiger partial charge in [0, 0.05) is 34.3 Å². The van der Waals surface area contributed by atoms with Crippen molar-refractivity contribution in [1.29, 1.82) is 0 Å². The van der Waals surface area contributed by atoms with Crippen molar-refractivity contribution >= 4 is 32.0 Å². The number of pyridine rings is 1.